The Balaban J connectivity index is 1.85. The average molecular weight is 368 g/mol. The van der Waals surface area contributed by atoms with Gasteiger partial charge in [0, 0.05) is 36.1 Å². The van der Waals surface area contributed by atoms with Gasteiger partial charge in [-0.2, -0.15) is 0 Å². The van der Waals surface area contributed by atoms with E-state index in [1.54, 1.807) is 0 Å². The molecule has 1 saturated carbocycles. The molecule has 0 spiro atoms. The molecule has 27 heavy (non-hydrogen) atoms. The molecule has 0 unspecified atom stereocenters. The van der Waals surface area contributed by atoms with Gasteiger partial charge in [0.15, 0.2) is 0 Å². The van der Waals surface area contributed by atoms with Gasteiger partial charge in [-0.05, 0) is 44.7 Å². The zero-order chi connectivity index (χ0) is 19.4. The van der Waals surface area contributed by atoms with Crippen LogP contribution in [-0.2, 0) is 13.1 Å². The molecule has 0 aliphatic heterocycles. The number of hydrogen-bond donors (Lipinski definition) is 1. The molecule has 3 rings (SSSR count). The highest BCUT2D eigenvalue weighted by atomic mass is 16.4. The second-order valence-electron chi connectivity index (χ2n) is 7.96. The van der Waals surface area contributed by atoms with Crippen molar-refractivity contribution in [3.8, 4) is 0 Å². The first-order chi connectivity index (χ1) is 13.0. The molecule has 1 heterocycles. The van der Waals surface area contributed by atoms with Crippen molar-refractivity contribution in [1.29, 1.82) is 0 Å². The van der Waals surface area contributed by atoms with Gasteiger partial charge >= 0.3 is 0 Å². The van der Waals surface area contributed by atoms with Gasteiger partial charge in [0.1, 0.15) is 0 Å². The number of aromatic carboxylic acids is 1. The minimum Gasteiger partial charge on any atom is -0.545 e. The fourth-order valence-electron chi connectivity index (χ4n) is 4.40. The van der Waals surface area contributed by atoms with Crippen LogP contribution in [0, 0.1) is 20.8 Å². The van der Waals surface area contributed by atoms with Crippen LogP contribution in [0.2, 0.25) is 0 Å². The largest absolute Gasteiger partial charge is 0.545 e. The van der Waals surface area contributed by atoms with Gasteiger partial charge < -0.3 is 19.8 Å². The predicted octanol–water partition coefficient (Wildman–Crippen LogP) is 3.64. The van der Waals surface area contributed by atoms with Crippen LogP contribution < -0.4 is 10.4 Å². The molecule has 146 valence electrons. The molecule has 0 amide bonds. The monoisotopic (exact) mass is 367 g/mol. The first-order valence-corrected chi connectivity index (χ1v) is 10.2. The van der Waals surface area contributed by atoms with Crippen molar-refractivity contribution in [2.45, 2.75) is 78.4 Å². The van der Waals surface area contributed by atoms with Crippen LogP contribution >= 0.6 is 0 Å². The van der Waals surface area contributed by atoms with Crippen molar-refractivity contribution < 1.29 is 9.90 Å². The van der Waals surface area contributed by atoms with E-state index in [2.05, 4.69) is 35.0 Å². The highest BCUT2D eigenvalue weighted by Gasteiger charge is 2.20. The van der Waals surface area contributed by atoms with Crippen LogP contribution in [0.4, 0.5) is 0 Å². The number of aryl methyl sites for hydroxylation is 1. The van der Waals surface area contributed by atoms with Crippen LogP contribution in [0.3, 0.4) is 0 Å². The van der Waals surface area contributed by atoms with Gasteiger partial charge in [-0.25, -0.2) is 0 Å². The Morgan fingerprint density at radius 2 is 1.81 bits per heavy atom. The standard InChI is InChI=1S/C23H32N2O2/c1-16-9-8-10-19(13-16)15-25-17(2)21(22(18(25)3)23(26)27)14-24-20-11-6-4-5-7-12-20/h8-10,13,20,24H,4-7,11-12,14-15H2,1-3H3,(H,26,27)/p-1. The maximum absolute atomic E-state index is 11.9. The van der Waals surface area contributed by atoms with Gasteiger partial charge in [-0.3, -0.25) is 0 Å². The summed E-state index contributed by atoms with van der Waals surface area (Å²) in [6.07, 6.45) is 7.51. The summed E-state index contributed by atoms with van der Waals surface area (Å²) in [5.74, 6) is -1.07. The first-order valence-electron chi connectivity index (χ1n) is 10.2. The number of aromatic nitrogens is 1. The Labute approximate surface area is 162 Å². The third-order valence-corrected chi connectivity index (χ3v) is 5.96. The summed E-state index contributed by atoms with van der Waals surface area (Å²) >= 11 is 0. The molecule has 1 aliphatic rings. The number of carboxylic acids is 1. The molecule has 1 aliphatic carbocycles. The Bertz CT molecular complexity index is 799. The first kappa shape index (κ1) is 19.7. The van der Waals surface area contributed by atoms with Gasteiger partial charge in [0.05, 0.1) is 5.97 Å². The summed E-state index contributed by atoms with van der Waals surface area (Å²) in [5.41, 5.74) is 5.45. The third kappa shape index (κ3) is 4.62. The van der Waals surface area contributed by atoms with E-state index in [0.717, 1.165) is 17.0 Å². The molecule has 0 saturated heterocycles. The van der Waals surface area contributed by atoms with Gasteiger partial charge in [0.25, 0.3) is 0 Å². The lowest BCUT2D eigenvalue weighted by atomic mass is 10.1. The van der Waals surface area contributed by atoms with E-state index in [0.29, 0.717) is 24.7 Å². The maximum Gasteiger partial charge on any atom is 0.0736 e. The number of nitrogens with zero attached hydrogens (tertiary/aromatic N) is 1. The van der Waals surface area contributed by atoms with E-state index >= 15 is 0 Å². The molecule has 0 atom stereocenters. The minimum atomic E-state index is -1.07. The van der Waals surface area contributed by atoms with E-state index in [1.807, 2.05) is 19.9 Å². The SMILES string of the molecule is Cc1cccc(Cn2c(C)c(CNC3CCCCCC3)c(C(=O)[O-])c2C)c1. The molecule has 0 radical (unpaired) electrons. The Hall–Kier alpha value is -2.07. The Morgan fingerprint density at radius 3 is 2.44 bits per heavy atom. The second kappa shape index (κ2) is 8.75. The molecule has 0 bridgehead atoms. The number of nitrogens with one attached hydrogen (secondary N) is 1. The van der Waals surface area contributed by atoms with Crippen molar-refractivity contribution in [2.75, 3.05) is 0 Å². The van der Waals surface area contributed by atoms with Crippen LogP contribution in [0.1, 0.15) is 77.0 Å². The van der Waals surface area contributed by atoms with Crippen LogP contribution in [0.25, 0.3) is 0 Å². The molecule has 2 aromatic rings. The zero-order valence-electron chi connectivity index (χ0n) is 16.8. The van der Waals surface area contributed by atoms with Crippen LogP contribution in [0.15, 0.2) is 24.3 Å². The smallest absolute Gasteiger partial charge is 0.0736 e. The molecule has 1 N–H and O–H groups in total. The summed E-state index contributed by atoms with van der Waals surface area (Å²) in [5, 5.41) is 15.5. The van der Waals surface area contributed by atoms with Gasteiger partial charge in [0.2, 0.25) is 0 Å². The lowest BCUT2D eigenvalue weighted by Gasteiger charge is -2.17. The Morgan fingerprint density at radius 1 is 1.11 bits per heavy atom. The zero-order valence-corrected chi connectivity index (χ0v) is 16.8. The molecule has 1 fully saturated rings. The summed E-state index contributed by atoms with van der Waals surface area (Å²) in [6.45, 7) is 7.28. The summed E-state index contributed by atoms with van der Waals surface area (Å²) in [4.78, 5) is 11.9. The van der Waals surface area contributed by atoms with Crippen LogP contribution in [0.5, 0.6) is 0 Å². The van der Waals surface area contributed by atoms with Crippen molar-refractivity contribution in [2.24, 2.45) is 0 Å². The molecule has 4 nitrogen and oxygen atoms in total. The molecule has 1 aromatic heterocycles. The predicted molar refractivity (Wildman–Crippen MR) is 107 cm³/mol. The van der Waals surface area contributed by atoms with E-state index in [4.69, 9.17) is 0 Å². The van der Waals surface area contributed by atoms with Crippen molar-refractivity contribution in [3.05, 3.63) is 57.9 Å². The lowest BCUT2D eigenvalue weighted by molar-refractivity contribution is -0.255. The summed E-state index contributed by atoms with van der Waals surface area (Å²) < 4.78 is 2.12. The third-order valence-electron chi connectivity index (χ3n) is 5.96. The van der Waals surface area contributed by atoms with Crippen molar-refractivity contribution >= 4 is 5.97 Å². The highest BCUT2D eigenvalue weighted by Crippen LogP contribution is 2.25. The quantitative estimate of drug-likeness (QED) is 0.793. The molecule has 4 heteroatoms. The van der Waals surface area contributed by atoms with E-state index < -0.39 is 5.97 Å². The molecular weight excluding hydrogens is 336 g/mol. The maximum atomic E-state index is 11.9. The number of carbonyl (C=O) groups is 1. The summed E-state index contributed by atoms with van der Waals surface area (Å²) in [6, 6.07) is 8.86. The van der Waals surface area contributed by atoms with E-state index in [1.165, 1.54) is 49.7 Å². The lowest BCUT2D eigenvalue weighted by Crippen LogP contribution is -2.30. The topological polar surface area (TPSA) is 57.1 Å². The number of carbonyl (C=O) groups excluding carboxylic acids is 1. The van der Waals surface area contributed by atoms with E-state index in [9.17, 15) is 9.90 Å². The average Bonchev–Trinajstić information content (AvgIpc) is 2.81. The normalized spacial score (nSPS) is 15.7. The minimum absolute atomic E-state index is 0.362. The number of benzene rings is 1. The highest BCUT2D eigenvalue weighted by molar-refractivity contribution is 5.89. The summed E-state index contributed by atoms with van der Waals surface area (Å²) in [7, 11) is 0. The van der Waals surface area contributed by atoms with E-state index in [-0.39, 0.29) is 0 Å². The fourth-order valence-corrected chi connectivity index (χ4v) is 4.40. The number of rotatable bonds is 6. The van der Waals surface area contributed by atoms with Crippen LogP contribution in [-0.4, -0.2) is 16.6 Å². The Kier molecular flexibility index (Phi) is 6.38. The number of hydrogen-bond acceptors (Lipinski definition) is 3. The fraction of sp³-hybridized carbons (Fsp3) is 0.522. The van der Waals surface area contributed by atoms with Gasteiger partial charge in [-0.1, -0.05) is 55.5 Å². The number of carboxylic acid groups (broad SMARTS) is 1. The van der Waals surface area contributed by atoms with Gasteiger partial charge in [-0.15, -0.1) is 0 Å². The molecule has 1 aromatic carbocycles. The van der Waals surface area contributed by atoms with Crippen molar-refractivity contribution in [3.63, 3.8) is 0 Å². The molecular formula is C23H31N2O2-. The van der Waals surface area contributed by atoms with Crippen molar-refractivity contribution in [1.82, 2.24) is 9.88 Å². The second-order valence-corrected chi connectivity index (χ2v) is 7.96.